The fourth-order valence-electron chi connectivity index (χ4n) is 4.55. The van der Waals surface area contributed by atoms with Gasteiger partial charge >= 0.3 is 34.6 Å². The van der Waals surface area contributed by atoms with Gasteiger partial charge in [-0.05, 0) is 76.2 Å². The Hall–Kier alpha value is -4.77. The normalized spacial score (nSPS) is 19.7. The first kappa shape index (κ1) is 43.6. The van der Waals surface area contributed by atoms with Crippen LogP contribution in [0.2, 0.25) is 0 Å². The lowest BCUT2D eigenvalue weighted by Crippen LogP contribution is -2.74. The van der Waals surface area contributed by atoms with Crippen molar-refractivity contribution in [1.29, 1.82) is 0 Å². The van der Waals surface area contributed by atoms with E-state index >= 15 is 0 Å². The predicted molar refractivity (Wildman–Crippen MR) is 190 cm³/mol. The summed E-state index contributed by atoms with van der Waals surface area (Å²) >= 11 is 0.860. The van der Waals surface area contributed by atoms with Gasteiger partial charge in [0.15, 0.2) is 10.8 Å². The number of anilines is 1. The van der Waals surface area contributed by atoms with E-state index < -0.39 is 99.2 Å². The molecule has 2 aliphatic heterocycles. The van der Waals surface area contributed by atoms with Crippen LogP contribution in [-0.2, 0) is 48.5 Å². The van der Waals surface area contributed by atoms with Crippen molar-refractivity contribution in [1.82, 2.24) is 24.8 Å². The van der Waals surface area contributed by atoms with Crippen LogP contribution in [-0.4, -0.2) is 129 Å². The molecule has 302 valence electrons. The van der Waals surface area contributed by atoms with Gasteiger partial charge in [-0.1, -0.05) is 5.16 Å². The molecular formula is C31H47N7O14S2. The molecule has 2 aliphatic rings. The minimum absolute atomic E-state index is 0.0374. The number of rotatable bonds is 12. The van der Waals surface area contributed by atoms with Gasteiger partial charge in [0.25, 0.3) is 11.8 Å². The number of carbonyl (C=O) groups is 6. The largest absolute Gasteiger partial charge is 0.457 e. The summed E-state index contributed by atoms with van der Waals surface area (Å²) in [6, 6.07) is -3.20. The topological polar surface area (TPSA) is 271 Å². The third kappa shape index (κ3) is 12.4. The first-order valence-corrected chi connectivity index (χ1v) is 18.7. The van der Waals surface area contributed by atoms with Crippen molar-refractivity contribution in [2.45, 2.75) is 117 Å². The first-order chi connectivity index (χ1) is 24.5. The number of hydrogen-bond acceptors (Lipinski definition) is 16. The number of oxime groups is 1. The molecule has 0 bridgehead atoms. The lowest BCUT2D eigenvalue weighted by molar-refractivity contribution is -0.179. The Bertz CT molecular complexity index is 1770. The zero-order valence-electron chi connectivity index (χ0n) is 31.8. The zero-order chi connectivity index (χ0) is 41.2. The molecule has 21 nitrogen and oxygen atoms in total. The number of amides is 5. The van der Waals surface area contributed by atoms with Crippen LogP contribution < -0.4 is 16.0 Å². The summed E-state index contributed by atoms with van der Waals surface area (Å²) in [5, 5.41) is 12.3. The van der Waals surface area contributed by atoms with Crippen LogP contribution in [0.25, 0.3) is 0 Å². The molecule has 2 fully saturated rings. The Kier molecular flexibility index (Phi) is 12.9. The van der Waals surface area contributed by atoms with Gasteiger partial charge in [-0.2, -0.15) is 8.42 Å². The van der Waals surface area contributed by atoms with Gasteiger partial charge < -0.3 is 39.3 Å². The molecule has 0 saturated carbocycles. The van der Waals surface area contributed by atoms with E-state index in [2.05, 4.69) is 26.1 Å². The van der Waals surface area contributed by atoms with Crippen LogP contribution in [0.4, 0.5) is 19.5 Å². The fourth-order valence-corrected chi connectivity index (χ4v) is 6.10. The number of cyclic esters (lactones) is 1. The Morgan fingerprint density at radius 3 is 2.09 bits per heavy atom. The number of nitrogens with one attached hydrogen (secondary N) is 3. The average Bonchev–Trinajstić information content (AvgIpc) is 3.56. The molecule has 1 aromatic heterocycles. The number of nitrogens with zero attached hydrogens (tertiary/aromatic N) is 4. The number of carbonyl (C=O) groups excluding carboxylic acids is 6. The highest BCUT2D eigenvalue weighted by molar-refractivity contribution is 7.84. The van der Waals surface area contributed by atoms with Gasteiger partial charge in [0.05, 0.1) is 19.1 Å². The summed E-state index contributed by atoms with van der Waals surface area (Å²) in [6.45, 7) is 16.5. The van der Waals surface area contributed by atoms with Gasteiger partial charge in [0.2, 0.25) is 5.60 Å². The number of thiazole rings is 1. The average molecular weight is 806 g/mol. The van der Waals surface area contributed by atoms with Crippen molar-refractivity contribution in [3.63, 3.8) is 0 Å². The SMILES string of the molecule is CC(C)(C)OC(=O)NC[C@H]1CN(C[C@@H]2[C@H](NC(=O)/C(=N/OC(C)(C)C(=O)OC(C)(C)C)c3csc(NC(=O)OC(C)(C)C)n3)C(=O)N2S(=O)(=O)O)C(=O)O1. The summed E-state index contributed by atoms with van der Waals surface area (Å²) in [5.74, 6) is -3.27. The van der Waals surface area contributed by atoms with E-state index in [1.807, 2.05) is 0 Å². The van der Waals surface area contributed by atoms with Gasteiger partial charge in [-0.15, -0.1) is 11.3 Å². The van der Waals surface area contributed by atoms with Crippen molar-refractivity contribution in [2.24, 2.45) is 5.16 Å². The molecule has 23 heteroatoms. The number of hydrogen-bond donors (Lipinski definition) is 4. The molecule has 3 heterocycles. The highest BCUT2D eigenvalue weighted by atomic mass is 32.2. The standard InChI is InChI=1S/C31H47N7O14S2/c1-28(2,3)49-23(41)31(10,11)52-36-19(17-15-53-24(33-17)35-26(43)51-30(7,8)9)21(39)34-20-18(38(22(20)40)54(45,46)47)14-37-13-16(48-27(37)44)12-32-25(42)50-29(4,5)6/h15-16,18,20H,12-14H2,1-11H3,(H,32,42)(H,34,39)(H,33,35,43)(H,45,46,47)/b36-19+/t16-,18+,20-/m0/s1. The third-order valence-corrected chi connectivity index (χ3v) is 8.47. The van der Waals surface area contributed by atoms with Crippen molar-refractivity contribution in [3.05, 3.63) is 11.1 Å². The lowest BCUT2D eigenvalue weighted by Gasteiger charge is -2.45. The van der Waals surface area contributed by atoms with E-state index in [9.17, 15) is 41.7 Å². The van der Waals surface area contributed by atoms with Crippen LogP contribution >= 0.6 is 11.3 Å². The van der Waals surface area contributed by atoms with E-state index in [4.69, 9.17) is 23.8 Å². The van der Waals surface area contributed by atoms with Crippen LogP contribution in [0.1, 0.15) is 81.9 Å². The number of alkyl carbamates (subject to hydrolysis) is 1. The maximum atomic E-state index is 13.8. The van der Waals surface area contributed by atoms with E-state index in [1.165, 1.54) is 19.2 Å². The molecule has 3 rings (SSSR count). The highest BCUT2D eigenvalue weighted by Gasteiger charge is 2.56. The second-order valence-electron chi connectivity index (χ2n) is 15.6. The van der Waals surface area contributed by atoms with E-state index in [1.54, 1.807) is 62.3 Å². The molecular weight excluding hydrogens is 759 g/mol. The Balaban J connectivity index is 1.87. The maximum absolute atomic E-state index is 13.8. The minimum atomic E-state index is -5.18. The molecule has 0 spiro atoms. The quantitative estimate of drug-likeness (QED) is 0.0589. The molecule has 1 aromatic rings. The van der Waals surface area contributed by atoms with Crippen LogP contribution in [0, 0.1) is 0 Å². The summed E-state index contributed by atoms with van der Waals surface area (Å²) in [4.78, 5) is 87.5. The summed E-state index contributed by atoms with van der Waals surface area (Å²) in [7, 11) is -5.18. The van der Waals surface area contributed by atoms with E-state index in [0.717, 1.165) is 16.2 Å². The van der Waals surface area contributed by atoms with Crippen molar-refractivity contribution in [3.8, 4) is 0 Å². The molecule has 4 N–H and O–H groups in total. The molecule has 0 aliphatic carbocycles. The van der Waals surface area contributed by atoms with Crippen LogP contribution in [0.5, 0.6) is 0 Å². The van der Waals surface area contributed by atoms with Gasteiger partial charge in [-0.3, -0.25) is 19.5 Å². The van der Waals surface area contributed by atoms with Crippen molar-refractivity contribution in [2.75, 3.05) is 25.0 Å². The number of esters is 1. The highest BCUT2D eigenvalue weighted by Crippen LogP contribution is 2.27. The summed E-state index contributed by atoms with van der Waals surface area (Å²) < 4.78 is 55.3. The van der Waals surface area contributed by atoms with E-state index in [-0.39, 0.29) is 28.2 Å². The Labute approximate surface area is 316 Å². The molecule has 5 amide bonds. The van der Waals surface area contributed by atoms with Gasteiger partial charge in [0.1, 0.15) is 34.6 Å². The molecule has 0 radical (unpaired) electrons. The smallest absolute Gasteiger partial charge is 0.413 e. The summed E-state index contributed by atoms with van der Waals surface area (Å²) in [5.41, 5.74) is -5.14. The predicted octanol–water partition coefficient (Wildman–Crippen LogP) is 2.18. The molecule has 2 saturated heterocycles. The Morgan fingerprint density at radius 1 is 0.963 bits per heavy atom. The number of ether oxygens (including phenoxy) is 4. The summed E-state index contributed by atoms with van der Waals surface area (Å²) in [6.07, 6.45) is -3.46. The van der Waals surface area contributed by atoms with Crippen LogP contribution in [0.3, 0.4) is 0 Å². The molecule has 3 atom stereocenters. The van der Waals surface area contributed by atoms with Crippen molar-refractivity contribution >= 4 is 68.5 Å². The Morgan fingerprint density at radius 2 is 1.54 bits per heavy atom. The maximum Gasteiger partial charge on any atom is 0.413 e. The van der Waals surface area contributed by atoms with Gasteiger partial charge in [-0.25, -0.2) is 28.5 Å². The van der Waals surface area contributed by atoms with Gasteiger partial charge in [0, 0.05) is 11.9 Å². The second kappa shape index (κ2) is 15.9. The minimum Gasteiger partial charge on any atom is -0.457 e. The molecule has 0 aromatic carbocycles. The fraction of sp³-hybridized carbons (Fsp3) is 0.677. The van der Waals surface area contributed by atoms with E-state index in [0.29, 0.717) is 0 Å². The third-order valence-electron chi connectivity index (χ3n) is 6.76. The van der Waals surface area contributed by atoms with Crippen LogP contribution in [0.15, 0.2) is 10.5 Å². The number of β-lactam (4-membered cyclic amide) rings is 1. The number of aromatic nitrogens is 1. The first-order valence-electron chi connectivity index (χ1n) is 16.5. The second-order valence-corrected chi connectivity index (χ2v) is 17.8. The van der Waals surface area contributed by atoms with Crippen molar-refractivity contribution < 1.29 is 65.5 Å². The lowest BCUT2D eigenvalue weighted by atomic mass is 9.97. The molecule has 54 heavy (non-hydrogen) atoms. The monoisotopic (exact) mass is 805 g/mol. The molecule has 0 unspecified atom stereocenters. The zero-order valence-corrected chi connectivity index (χ0v) is 33.4.